The highest BCUT2D eigenvalue weighted by Gasteiger charge is 2.34. The number of rotatable bonds is 5. The van der Waals surface area contributed by atoms with E-state index in [0.29, 0.717) is 13.1 Å². The fourth-order valence-electron chi connectivity index (χ4n) is 2.40. The lowest BCUT2D eigenvalue weighted by molar-refractivity contribution is -0.142. The van der Waals surface area contributed by atoms with Crippen LogP contribution in [0.25, 0.3) is 0 Å². The first kappa shape index (κ1) is 15.0. The van der Waals surface area contributed by atoms with Crippen LogP contribution in [0.1, 0.15) is 33.1 Å². The monoisotopic (exact) mass is 256 g/mol. The van der Waals surface area contributed by atoms with E-state index < -0.39 is 11.9 Å². The van der Waals surface area contributed by atoms with Crippen LogP contribution in [0, 0.1) is 5.92 Å². The molecule has 2 atom stereocenters. The molecule has 104 valence electrons. The van der Waals surface area contributed by atoms with Gasteiger partial charge in [-0.25, -0.2) is 0 Å². The summed E-state index contributed by atoms with van der Waals surface area (Å²) in [6, 6.07) is -0.212. The van der Waals surface area contributed by atoms with Crippen molar-refractivity contribution in [2.75, 3.05) is 26.7 Å². The van der Waals surface area contributed by atoms with Crippen molar-refractivity contribution in [3.63, 3.8) is 0 Å². The van der Waals surface area contributed by atoms with Crippen molar-refractivity contribution in [1.29, 1.82) is 0 Å². The molecule has 0 radical (unpaired) electrons. The Balaban J connectivity index is 2.72. The summed E-state index contributed by atoms with van der Waals surface area (Å²) in [6.45, 7) is 5.58. The van der Waals surface area contributed by atoms with Crippen molar-refractivity contribution in [3.8, 4) is 0 Å². The third-order valence-electron chi connectivity index (χ3n) is 3.63. The molecule has 0 saturated carbocycles. The largest absolute Gasteiger partial charge is 0.481 e. The molecular formula is C13H24N2O3. The number of carbonyl (C=O) groups excluding carboxylic acids is 1. The number of hydrogen-bond acceptors (Lipinski definition) is 3. The minimum atomic E-state index is -0.816. The van der Waals surface area contributed by atoms with Gasteiger partial charge in [-0.05, 0) is 19.9 Å². The van der Waals surface area contributed by atoms with E-state index in [4.69, 9.17) is 0 Å². The molecule has 1 amide bonds. The van der Waals surface area contributed by atoms with Crippen molar-refractivity contribution in [1.82, 2.24) is 9.80 Å². The van der Waals surface area contributed by atoms with Gasteiger partial charge in [0.15, 0.2) is 0 Å². The van der Waals surface area contributed by atoms with Crippen molar-refractivity contribution in [2.24, 2.45) is 5.92 Å². The van der Waals surface area contributed by atoms with E-state index in [1.165, 1.54) is 0 Å². The summed E-state index contributed by atoms with van der Waals surface area (Å²) < 4.78 is 0. The minimum Gasteiger partial charge on any atom is -0.481 e. The standard InChI is InChI=1S/C13H24N2O3/c1-4-5-6-7-15-9-11(13(17)18)8-14(3)12(16)10(15)2/h10-11H,4-9H2,1-3H3,(H,17,18). The summed E-state index contributed by atoms with van der Waals surface area (Å²) in [5.41, 5.74) is 0. The Morgan fingerprint density at radius 1 is 1.39 bits per heavy atom. The van der Waals surface area contributed by atoms with E-state index in [9.17, 15) is 14.7 Å². The second-order valence-electron chi connectivity index (χ2n) is 5.13. The summed E-state index contributed by atoms with van der Waals surface area (Å²) in [6.07, 6.45) is 3.26. The average Bonchev–Trinajstić information content (AvgIpc) is 2.43. The van der Waals surface area contributed by atoms with Crippen LogP contribution >= 0.6 is 0 Å². The quantitative estimate of drug-likeness (QED) is 0.747. The van der Waals surface area contributed by atoms with E-state index in [1.807, 2.05) is 11.8 Å². The highest BCUT2D eigenvalue weighted by atomic mass is 16.4. The van der Waals surface area contributed by atoms with Crippen LogP contribution in [0.15, 0.2) is 0 Å². The summed E-state index contributed by atoms with van der Waals surface area (Å²) in [5, 5.41) is 9.18. The van der Waals surface area contributed by atoms with Crippen molar-refractivity contribution in [2.45, 2.75) is 39.2 Å². The Kier molecular flexibility index (Phi) is 5.59. The van der Waals surface area contributed by atoms with Crippen LogP contribution in [0.5, 0.6) is 0 Å². The van der Waals surface area contributed by atoms with Crippen LogP contribution in [-0.2, 0) is 9.59 Å². The molecule has 1 aliphatic rings. The lowest BCUT2D eigenvalue weighted by atomic mass is 10.1. The molecule has 1 heterocycles. The molecule has 1 aliphatic heterocycles. The number of hydrogen-bond donors (Lipinski definition) is 1. The summed E-state index contributed by atoms with van der Waals surface area (Å²) in [7, 11) is 1.68. The van der Waals surface area contributed by atoms with Crippen LogP contribution in [0.4, 0.5) is 0 Å². The van der Waals surface area contributed by atoms with Gasteiger partial charge in [-0.1, -0.05) is 19.8 Å². The molecule has 0 aromatic heterocycles. The molecular weight excluding hydrogens is 232 g/mol. The summed E-state index contributed by atoms with van der Waals surface area (Å²) in [4.78, 5) is 26.8. The van der Waals surface area contributed by atoms with Gasteiger partial charge in [0.1, 0.15) is 0 Å². The van der Waals surface area contributed by atoms with E-state index in [1.54, 1.807) is 11.9 Å². The van der Waals surface area contributed by atoms with Gasteiger partial charge in [-0.15, -0.1) is 0 Å². The number of nitrogens with zero attached hydrogens (tertiary/aromatic N) is 2. The summed E-state index contributed by atoms with van der Waals surface area (Å²) in [5.74, 6) is -1.27. The zero-order valence-corrected chi connectivity index (χ0v) is 11.6. The molecule has 0 aromatic carbocycles. The lowest BCUT2D eigenvalue weighted by Gasteiger charge is -2.27. The number of unbranched alkanes of at least 4 members (excludes halogenated alkanes) is 2. The maximum atomic E-state index is 12.0. The molecule has 18 heavy (non-hydrogen) atoms. The highest BCUT2D eigenvalue weighted by molar-refractivity contribution is 5.82. The van der Waals surface area contributed by atoms with E-state index >= 15 is 0 Å². The SMILES string of the molecule is CCCCCN1CC(C(=O)O)CN(C)C(=O)C1C. The molecule has 1 N–H and O–H groups in total. The second kappa shape index (κ2) is 6.73. The molecule has 5 nitrogen and oxygen atoms in total. The first-order chi connectivity index (χ1) is 8.47. The second-order valence-corrected chi connectivity index (χ2v) is 5.13. The Hall–Kier alpha value is -1.10. The molecule has 1 fully saturated rings. The van der Waals surface area contributed by atoms with Gasteiger partial charge in [0.25, 0.3) is 0 Å². The molecule has 5 heteroatoms. The van der Waals surface area contributed by atoms with Gasteiger partial charge in [0.2, 0.25) is 5.91 Å². The Bertz CT molecular complexity index is 307. The topological polar surface area (TPSA) is 60.9 Å². The predicted octanol–water partition coefficient (Wildman–Crippen LogP) is 1.04. The number of aliphatic carboxylic acids is 1. The van der Waals surface area contributed by atoms with E-state index in [-0.39, 0.29) is 11.9 Å². The van der Waals surface area contributed by atoms with Gasteiger partial charge in [0.05, 0.1) is 12.0 Å². The first-order valence-electron chi connectivity index (χ1n) is 6.69. The number of carboxylic acid groups (broad SMARTS) is 1. The van der Waals surface area contributed by atoms with E-state index in [2.05, 4.69) is 6.92 Å². The molecule has 1 saturated heterocycles. The van der Waals surface area contributed by atoms with Crippen molar-refractivity contribution in [3.05, 3.63) is 0 Å². The van der Waals surface area contributed by atoms with Crippen LogP contribution < -0.4 is 0 Å². The predicted molar refractivity (Wildman–Crippen MR) is 69.3 cm³/mol. The third kappa shape index (κ3) is 3.70. The van der Waals surface area contributed by atoms with Gasteiger partial charge >= 0.3 is 5.97 Å². The molecule has 0 aliphatic carbocycles. The van der Waals surface area contributed by atoms with Crippen LogP contribution in [0.3, 0.4) is 0 Å². The lowest BCUT2D eigenvalue weighted by Crippen LogP contribution is -2.43. The Morgan fingerprint density at radius 3 is 2.61 bits per heavy atom. The minimum absolute atomic E-state index is 0.0234. The number of likely N-dealkylation sites (N-methyl/N-ethyl adjacent to an activating group) is 1. The average molecular weight is 256 g/mol. The van der Waals surface area contributed by atoms with Crippen LogP contribution in [-0.4, -0.2) is 59.5 Å². The fraction of sp³-hybridized carbons (Fsp3) is 0.846. The van der Waals surface area contributed by atoms with E-state index in [0.717, 1.165) is 25.8 Å². The fourth-order valence-corrected chi connectivity index (χ4v) is 2.40. The zero-order valence-electron chi connectivity index (χ0n) is 11.6. The first-order valence-corrected chi connectivity index (χ1v) is 6.69. The number of amides is 1. The molecule has 0 spiro atoms. The van der Waals surface area contributed by atoms with Crippen LogP contribution in [0.2, 0.25) is 0 Å². The normalized spacial score (nSPS) is 26.2. The van der Waals surface area contributed by atoms with Gasteiger partial charge in [-0.3, -0.25) is 14.5 Å². The highest BCUT2D eigenvalue weighted by Crippen LogP contribution is 2.16. The number of carboxylic acids is 1. The Morgan fingerprint density at radius 2 is 2.06 bits per heavy atom. The molecule has 0 aromatic rings. The van der Waals surface area contributed by atoms with Crippen molar-refractivity contribution >= 4 is 11.9 Å². The zero-order chi connectivity index (χ0) is 13.7. The number of carbonyl (C=O) groups is 2. The molecule has 1 rings (SSSR count). The Labute approximate surface area is 109 Å². The van der Waals surface area contributed by atoms with Gasteiger partial charge < -0.3 is 10.0 Å². The summed E-state index contributed by atoms with van der Waals surface area (Å²) >= 11 is 0. The maximum absolute atomic E-state index is 12.0. The molecule has 0 bridgehead atoms. The van der Waals surface area contributed by atoms with Gasteiger partial charge in [-0.2, -0.15) is 0 Å². The van der Waals surface area contributed by atoms with Crippen molar-refractivity contribution < 1.29 is 14.7 Å². The third-order valence-corrected chi connectivity index (χ3v) is 3.63. The van der Waals surface area contributed by atoms with Gasteiger partial charge in [0, 0.05) is 20.1 Å². The smallest absolute Gasteiger partial charge is 0.309 e. The maximum Gasteiger partial charge on any atom is 0.309 e. The molecule has 2 unspecified atom stereocenters.